The summed E-state index contributed by atoms with van der Waals surface area (Å²) in [5, 5.41) is 41.3. The van der Waals surface area contributed by atoms with Crippen LogP contribution in [0.3, 0.4) is 0 Å². The van der Waals surface area contributed by atoms with Crippen LogP contribution in [0.2, 0.25) is 0 Å². The van der Waals surface area contributed by atoms with Gasteiger partial charge in [-0.3, -0.25) is 4.79 Å². The molecule has 6 rings (SSSR count). The Bertz CT molecular complexity index is 1190. The van der Waals surface area contributed by atoms with Crippen LogP contribution in [0, 0.1) is 44.8 Å². The highest BCUT2D eigenvalue weighted by atomic mass is 16.7. The molecule has 1 aliphatic heterocycles. The summed E-state index contributed by atoms with van der Waals surface area (Å²) in [6.45, 7) is 16.5. The first-order chi connectivity index (χ1) is 19.5. The number of aliphatic carboxylic acids is 1. The number of hydrogen-bond donors (Lipinski definition) is 4. The zero-order chi connectivity index (χ0) is 30.6. The van der Waals surface area contributed by atoms with Crippen molar-refractivity contribution in [1.29, 1.82) is 0 Å². The number of carboxylic acid groups (broad SMARTS) is 1. The highest BCUT2D eigenvalue weighted by Gasteiger charge is 2.68. The van der Waals surface area contributed by atoms with Crippen molar-refractivity contribution in [3.63, 3.8) is 0 Å². The molecule has 236 valence electrons. The molecule has 5 aliphatic carbocycles. The van der Waals surface area contributed by atoms with E-state index in [1.165, 1.54) is 16.7 Å². The van der Waals surface area contributed by atoms with Crippen molar-refractivity contribution in [2.45, 2.75) is 137 Å². The molecule has 4 N–H and O–H groups in total. The van der Waals surface area contributed by atoms with Crippen LogP contribution in [0.15, 0.2) is 22.8 Å². The highest BCUT2D eigenvalue weighted by Crippen LogP contribution is 2.75. The summed E-state index contributed by atoms with van der Waals surface area (Å²) < 4.78 is 12.1. The van der Waals surface area contributed by atoms with Gasteiger partial charge in [0.05, 0.1) is 18.1 Å². The molecule has 7 nitrogen and oxygen atoms in total. The Kier molecular flexibility index (Phi) is 7.23. The molecule has 42 heavy (non-hydrogen) atoms. The summed E-state index contributed by atoms with van der Waals surface area (Å²) in [7, 11) is 0. The van der Waals surface area contributed by atoms with Gasteiger partial charge in [0.2, 0.25) is 0 Å². The molecule has 0 aromatic carbocycles. The van der Waals surface area contributed by atoms with Gasteiger partial charge in [0.15, 0.2) is 6.29 Å². The average Bonchev–Trinajstić information content (AvgIpc) is 2.92. The molecule has 0 aromatic heterocycles. The second-order valence-corrected chi connectivity index (χ2v) is 16.4. The third kappa shape index (κ3) is 3.92. The first kappa shape index (κ1) is 30.8. The normalized spacial score (nSPS) is 51.9. The minimum absolute atomic E-state index is 0.0529. The van der Waals surface area contributed by atoms with Gasteiger partial charge in [0, 0.05) is 0 Å². The monoisotopic (exact) mass is 586 g/mol. The molecule has 0 aromatic rings. The number of aliphatic hydroxyl groups excluding tert-OH is 3. The second-order valence-electron chi connectivity index (χ2n) is 16.4. The molecule has 0 bridgehead atoms. The van der Waals surface area contributed by atoms with Gasteiger partial charge >= 0.3 is 5.97 Å². The molecule has 1 saturated heterocycles. The number of rotatable bonds is 3. The summed E-state index contributed by atoms with van der Waals surface area (Å²) in [4.78, 5) is 12.9. The van der Waals surface area contributed by atoms with E-state index in [0.29, 0.717) is 17.8 Å². The maximum absolute atomic E-state index is 12.9. The molecule has 0 amide bonds. The Morgan fingerprint density at radius 1 is 0.929 bits per heavy atom. The molecule has 12 atom stereocenters. The molecule has 0 spiro atoms. The van der Waals surface area contributed by atoms with Crippen LogP contribution in [0.4, 0.5) is 0 Å². The SMILES string of the molecule is CC1=C2C3=CC[C@@H]4[C@@]5(C)CC[C@H](O[C@@H]6OC[C@H](O)[C@H](O)[C@H]6O)C(C)(C)[C@@H]5CC[C@@]4(C)[C@]3(C)CC[C@@]2(C(=O)O)CC[C@@H]1C. The van der Waals surface area contributed by atoms with Crippen LogP contribution in [0.5, 0.6) is 0 Å². The summed E-state index contributed by atoms with van der Waals surface area (Å²) >= 11 is 0. The Morgan fingerprint density at radius 3 is 2.33 bits per heavy atom. The molecule has 1 heterocycles. The van der Waals surface area contributed by atoms with Crippen LogP contribution in [0.1, 0.15) is 106 Å². The third-order valence-corrected chi connectivity index (χ3v) is 14.5. The second kappa shape index (κ2) is 9.87. The zero-order valence-electron chi connectivity index (χ0n) is 26.8. The lowest BCUT2D eigenvalue weighted by Crippen LogP contribution is -2.65. The van der Waals surface area contributed by atoms with Gasteiger partial charge in [0.1, 0.15) is 18.3 Å². The Morgan fingerprint density at radius 2 is 1.64 bits per heavy atom. The first-order valence-electron chi connectivity index (χ1n) is 16.5. The van der Waals surface area contributed by atoms with Gasteiger partial charge < -0.3 is 29.9 Å². The van der Waals surface area contributed by atoms with E-state index in [4.69, 9.17) is 9.47 Å². The minimum atomic E-state index is -1.28. The fourth-order valence-corrected chi connectivity index (χ4v) is 11.5. The topological polar surface area (TPSA) is 116 Å². The Labute approximate surface area is 251 Å². The number of carbonyl (C=O) groups is 1. The minimum Gasteiger partial charge on any atom is -0.481 e. The predicted molar refractivity (Wildman–Crippen MR) is 159 cm³/mol. The standard InChI is InChI=1S/C35H54O7/c1-19-10-15-35(30(39)40)17-16-33(6)21(26(35)20(19)2)8-9-24-32(5)13-12-25(31(3,4)23(32)11-14-34(24,33)7)42-29-28(38)27(37)22(36)18-41-29/h8,19,22-25,27-29,36-38H,9-18H2,1-7H3,(H,39,40)/t19-,22-,23-,24+,25-,27-,28+,29-,32-,33+,34+,35-/m0/s1. The number of hydrogen-bond acceptors (Lipinski definition) is 6. The predicted octanol–water partition coefficient (Wildman–Crippen LogP) is 5.62. The highest BCUT2D eigenvalue weighted by molar-refractivity contribution is 5.82. The number of allylic oxidation sites excluding steroid dienone is 3. The Balaban J connectivity index is 1.33. The number of ether oxygens (including phenoxy) is 2. The summed E-state index contributed by atoms with van der Waals surface area (Å²) in [6.07, 6.45) is 6.07. The molecular weight excluding hydrogens is 532 g/mol. The van der Waals surface area contributed by atoms with E-state index in [-0.39, 0.29) is 34.4 Å². The van der Waals surface area contributed by atoms with Crippen LogP contribution in [-0.4, -0.2) is 63.7 Å². The van der Waals surface area contributed by atoms with Crippen LogP contribution < -0.4 is 0 Å². The van der Waals surface area contributed by atoms with E-state index in [1.807, 2.05) is 0 Å². The maximum atomic E-state index is 12.9. The summed E-state index contributed by atoms with van der Waals surface area (Å²) in [5.41, 5.74) is 3.00. The number of fused-ring (bicyclic) bond motifs is 7. The van der Waals surface area contributed by atoms with E-state index in [2.05, 4.69) is 54.5 Å². The van der Waals surface area contributed by atoms with Crippen molar-refractivity contribution in [2.75, 3.05) is 6.61 Å². The lowest BCUT2D eigenvalue weighted by molar-refractivity contribution is -0.308. The quantitative estimate of drug-likeness (QED) is 0.317. The maximum Gasteiger partial charge on any atom is 0.314 e. The van der Waals surface area contributed by atoms with Gasteiger partial charge in [-0.05, 0) is 115 Å². The fourth-order valence-electron chi connectivity index (χ4n) is 11.5. The number of aliphatic hydroxyl groups is 3. The average molecular weight is 587 g/mol. The van der Waals surface area contributed by atoms with Crippen LogP contribution in [0.25, 0.3) is 0 Å². The van der Waals surface area contributed by atoms with Gasteiger partial charge in [-0.2, -0.15) is 0 Å². The van der Waals surface area contributed by atoms with Gasteiger partial charge in [-0.25, -0.2) is 0 Å². The molecule has 3 saturated carbocycles. The van der Waals surface area contributed by atoms with E-state index >= 15 is 0 Å². The molecule has 7 heteroatoms. The van der Waals surface area contributed by atoms with Crippen LogP contribution >= 0.6 is 0 Å². The van der Waals surface area contributed by atoms with E-state index in [1.54, 1.807) is 0 Å². The van der Waals surface area contributed by atoms with Gasteiger partial charge in [0.25, 0.3) is 0 Å². The van der Waals surface area contributed by atoms with Crippen molar-refractivity contribution in [3.05, 3.63) is 22.8 Å². The largest absolute Gasteiger partial charge is 0.481 e. The third-order valence-electron chi connectivity index (χ3n) is 14.5. The van der Waals surface area contributed by atoms with E-state index < -0.39 is 36.0 Å². The molecule has 6 aliphatic rings. The number of carboxylic acids is 1. The molecule has 0 unspecified atom stereocenters. The van der Waals surface area contributed by atoms with Crippen molar-refractivity contribution in [1.82, 2.24) is 0 Å². The zero-order valence-corrected chi connectivity index (χ0v) is 26.8. The summed E-state index contributed by atoms with van der Waals surface area (Å²) in [5.74, 6) is 0.671. The van der Waals surface area contributed by atoms with E-state index in [9.17, 15) is 25.2 Å². The van der Waals surface area contributed by atoms with Crippen molar-refractivity contribution < 1.29 is 34.7 Å². The van der Waals surface area contributed by atoms with E-state index in [0.717, 1.165) is 57.8 Å². The van der Waals surface area contributed by atoms with Crippen molar-refractivity contribution >= 4 is 5.97 Å². The lowest BCUT2D eigenvalue weighted by atomic mass is 9.34. The smallest absolute Gasteiger partial charge is 0.314 e. The fraction of sp³-hybridized carbons (Fsp3) is 0.857. The van der Waals surface area contributed by atoms with Crippen molar-refractivity contribution in [2.24, 2.45) is 44.8 Å². The first-order valence-corrected chi connectivity index (χ1v) is 16.5. The summed E-state index contributed by atoms with van der Waals surface area (Å²) in [6, 6.07) is 0. The molecular formula is C35H54O7. The Hall–Kier alpha value is -1.25. The lowest BCUT2D eigenvalue weighted by Gasteiger charge is -2.70. The van der Waals surface area contributed by atoms with Gasteiger partial charge in [-0.15, -0.1) is 0 Å². The van der Waals surface area contributed by atoms with Crippen LogP contribution in [-0.2, 0) is 14.3 Å². The van der Waals surface area contributed by atoms with Gasteiger partial charge in [-0.1, -0.05) is 53.2 Å². The molecule has 0 radical (unpaired) electrons. The van der Waals surface area contributed by atoms with Crippen molar-refractivity contribution in [3.8, 4) is 0 Å². The molecule has 4 fully saturated rings.